The van der Waals surface area contributed by atoms with Crippen LogP contribution < -0.4 is 5.56 Å². The Morgan fingerprint density at radius 2 is 1.57 bits per heavy atom. The van der Waals surface area contributed by atoms with E-state index < -0.39 is 0 Å². The highest BCUT2D eigenvalue weighted by molar-refractivity contribution is 6.04. The molecule has 3 aromatic carbocycles. The third-order valence-electron chi connectivity index (χ3n) is 6.19. The Morgan fingerprint density at radius 1 is 0.857 bits per heavy atom. The molecule has 0 saturated carbocycles. The van der Waals surface area contributed by atoms with E-state index in [9.17, 15) is 4.79 Å². The van der Waals surface area contributed by atoms with Crippen LogP contribution in [0.5, 0.6) is 0 Å². The van der Waals surface area contributed by atoms with E-state index >= 15 is 0 Å². The summed E-state index contributed by atoms with van der Waals surface area (Å²) in [4.78, 5) is 27.9. The number of rotatable bonds is 5. The number of hydrogen-bond acceptors (Lipinski definition) is 5. The Labute approximate surface area is 201 Å². The lowest BCUT2D eigenvalue weighted by Crippen LogP contribution is -2.21. The normalized spacial score (nSPS) is 11.8. The summed E-state index contributed by atoms with van der Waals surface area (Å²) in [7, 11) is 0. The molecule has 0 bridgehead atoms. The quantitative estimate of drug-likeness (QED) is 0.350. The third-order valence-corrected chi connectivity index (χ3v) is 6.19. The fourth-order valence-corrected chi connectivity index (χ4v) is 4.27. The van der Waals surface area contributed by atoms with E-state index in [4.69, 9.17) is 15.1 Å². The molecule has 0 aliphatic carbocycles. The second-order valence-electron chi connectivity index (χ2n) is 8.47. The molecule has 7 nitrogen and oxygen atoms in total. The van der Waals surface area contributed by atoms with Gasteiger partial charge in [-0.15, -0.1) is 0 Å². The maximum atomic E-state index is 13.6. The maximum absolute atomic E-state index is 13.6. The van der Waals surface area contributed by atoms with Gasteiger partial charge < -0.3 is 0 Å². The average molecular weight is 459 g/mol. The van der Waals surface area contributed by atoms with Gasteiger partial charge in [0.1, 0.15) is 10.9 Å². The van der Waals surface area contributed by atoms with Crippen LogP contribution >= 0.6 is 0 Å². The summed E-state index contributed by atoms with van der Waals surface area (Å²) in [5, 5.41) is 5.13. The largest absolute Gasteiger partial charge is 0.298 e. The molecule has 0 aliphatic heterocycles. The summed E-state index contributed by atoms with van der Waals surface area (Å²) in [6.07, 6.45) is 4.09. The molecule has 35 heavy (non-hydrogen) atoms. The van der Waals surface area contributed by atoms with Crippen LogP contribution in [-0.2, 0) is 13.0 Å². The van der Waals surface area contributed by atoms with Crippen molar-refractivity contribution in [3.63, 3.8) is 0 Å². The van der Waals surface area contributed by atoms with Crippen molar-refractivity contribution in [2.45, 2.75) is 19.9 Å². The number of para-hydroxylation sites is 2. The fourth-order valence-electron chi connectivity index (χ4n) is 4.27. The van der Waals surface area contributed by atoms with Gasteiger partial charge in [-0.3, -0.25) is 9.36 Å². The van der Waals surface area contributed by atoms with Crippen molar-refractivity contribution in [2.24, 2.45) is 5.10 Å². The summed E-state index contributed by atoms with van der Waals surface area (Å²) in [5.74, 6) is 0. The highest BCUT2D eigenvalue weighted by Gasteiger charge is 2.19. The van der Waals surface area contributed by atoms with E-state index in [0.29, 0.717) is 28.7 Å². The zero-order valence-electron chi connectivity index (χ0n) is 19.2. The molecule has 3 heterocycles. The molecule has 170 valence electrons. The summed E-state index contributed by atoms with van der Waals surface area (Å²) < 4.78 is 3.26. The van der Waals surface area contributed by atoms with Crippen molar-refractivity contribution in [3.05, 3.63) is 112 Å². The monoisotopic (exact) mass is 458 g/mol. The van der Waals surface area contributed by atoms with Crippen LogP contribution in [0.15, 0.2) is 95.1 Å². The second kappa shape index (κ2) is 8.61. The van der Waals surface area contributed by atoms with Crippen LogP contribution in [0.4, 0.5) is 0 Å². The number of aryl methyl sites for hydroxylation is 3. The predicted molar refractivity (Wildman–Crippen MR) is 139 cm³/mol. The van der Waals surface area contributed by atoms with Gasteiger partial charge in [-0.2, -0.15) is 9.78 Å². The molecule has 0 saturated heterocycles. The van der Waals surface area contributed by atoms with Crippen molar-refractivity contribution >= 4 is 39.4 Å². The molecular formula is C28H22N6O. The zero-order valence-corrected chi connectivity index (χ0v) is 19.2. The highest BCUT2D eigenvalue weighted by Crippen LogP contribution is 2.25. The van der Waals surface area contributed by atoms with E-state index in [2.05, 4.69) is 17.1 Å². The van der Waals surface area contributed by atoms with Gasteiger partial charge in [0.25, 0.3) is 5.56 Å². The predicted octanol–water partition coefficient (Wildman–Crippen LogP) is 4.73. The molecule has 0 aliphatic rings. The van der Waals surface area contributed by atoms with Crippen LogP contribution in [0, 0.1) is 6.92 Å². The first-order chi connectivity index (χ1) is 17.2. The Kier molecular flexibility index (Phi) is 5.15. The van der Waals surface area contributed by atoms with Crippen LogP contribution in [0.2, 0.25) is 0 Å². The summed E-state index contributed by atoms with van der Waals surface area (Å²) in [5.41, 5.74) is 6.01. The van der Waals surface area contributed by atoms with Crippen molar-refractivity contribution in [3.8, 4) is 0 Å². The second-order valence-corrected chi connectivity index (χ2v) is 8.47. The lowest BCUT2D eigenvalue weighted by molar-refractivity contribution is 0.661. The Balaban J connectivity index is 1.55. The number of benzene rings is 3. The molecule has 0 spiro atoms. The van der Waals surface area contributed by atoms with Gasteiger partial charge in [0.05, 0.1) is 23.6 Å². The molecule has 0 atom stereocenters. The standard InChI is InChI=1S/C28H22N6O/c1-19-9-5-6-12-21(19)17-30-34-26-24(25-27(34)32-23-14-8-7-13-22(23)31-25)28(35)33(18-29-26)16-15-20-10-3-2-4-11-20/h2-14,17-18H,15-16H2,1H3. The molecule has 7 heteroatoms. The molecular weight excluding hydrogens is 436 g/mol. The third kappa shape index (κ3) is 3.77. The van der Waals surface area contributed by atoms with E-state index in [1.165, 1.54) is 0 Å². The lowest BCUT2D eigenvalue weighted by Gasteiger charge is -2.06. The van der Waals surface area contributed by atoms with Gasteiger partial charge >= 0.3 is 0 Å². The van der Waals surface area contributed by atoms with Crippen molar-refractivity contribution in [2.75, 3.05) is 0 Å². The number of fused-ring (bicyclic) bond motifs is 4. The van der Waals surface area contributed by atoms with Crippen molar-refractivity contribution < 1.29 is 0 Å². The van der Waals surface area contributed by atoms with Gasteiger partial charge in [-0.05, 0) is 42.2 Å². The minimum Gasteiger partial charge on any atom is -0.298 e. The first kappa shape index (κ1) is 20.9. The SMILES string of the molecule is Cc1ccccc1C=Nn1c2nc3ccccc3nc2c2c(=O)n(CCc3ccccc3)cnc21. The van der Waals surface area contributed by atoms with Crippen LogP contribution in [0.25, 0.3) is 33.2 Å². The van der Waals surface area contributed by atoms with Crippen LogP contribution in [-0.4, -0.2) is 30.4 Å². The van der Waals surface area contributed by atoms with Crippen LogP contribution in [0.3, 0.4) is 0 Å². The first-order valence-corrected chi connectivity index (χ1v) is 11.5. The average Bonchev–Trinajstić information content (AvgIpc) is 3.20. The van der Waals surface area contributed by atoms with Gasteiger partial charge in [0, 0.05) is 6.54 Å². The summed E-state index contributed by atoms with van der Waals surface area (Å²) >= 11 is 0. The molecule has 0 fully saturated rings. The Morgan fingerprint density at radius 3 is 2.37 bits per heavy atom. The Bertz CT molecular complexity index is 1780. The number of aromatic nitrogens is 5. The van der Waals surface area contributed by atoms with Crippen molar-refractivity contribution in [1.29, 1.82) is 0 Å². The van der Waals surface area contributed by atoms with Crippen LogP contribution in [0.1, 0.15) is 16.7 Å². The smallest absolute Gasteiger partial charge is 0.265 e. The molecule has 6 aromatic rings. The zero-order chi connectivity index (χ0) is 23.8. The Hall–Kier alpha value is -4.65. The summed E-state index contributed by atoms with van der Waals surface area (Å²) in [6.45, 7) is 2.55. The van der Waals surface area contributed by atoms with E-state index in [0.717, 1.165) is 34.1 Å². The number of hydrogen-bond donors (Lipinski definition) is 0. The molecule has 6 rings (SSSR count). The minimum absolute atomic E-state index is 0.148. The number of nitrogens with zero attached hydrogens (tertiary/aromatic N) is 6. The molecule has 0 N–H and O–H groups in total. The molecule has 0 amide bonds. The van der Waals surface area contributed by atoms with Gasteiger partial charge in [0.15, 0.2) is 11.3 Å². The van der Waals surface area contributed by atoms with Crippen molar-refractivity contribution in [1.82, 2.24) is 24.2 Å². The molecule has 3 aromatic heterocycles. The summed E-state index contributed by atoms with van der Waals surface area (Å²) in [6, 6.07) is 25.7. The van der Waals surface area contributed by atoms with E-state index in [-0.39, 0.29) is 5.56 Å². The molecule has 0 unspecified atom stereocenters. The molecule has 0 radical (unpaired) electrons. The van der Waals surface area contributed by atoms with Gasteiger partial charge in [-0.25, -0.2) is 15.0 Å². The first-order valence-electron chi connectivity index (χ1n) is 11.5. The minimum atomic E-state index is -0.148. The van der Waals surface area contributed by atoms with E-state index in [1.54, 1.807) is 21.8 Å². The maximum Gasteiger partial charge on any atom is 0.265 e. The fraction of sp³-hybridized carbons (Fsp3) is 0.107. The topological polar surface area (TPSA) is 78.0 Å². The highest BCUT2D eigenvalue weighted by atomic mass is 16.1. The van der Waals surface area contributed by atoms with Gasteiger partial charge in [-0.1, -0.05) is 66.7 Å². The van der Waals surface area contributed by atoms with Gasteiger partial charge in [0.2, 0.25) is 0 Å². The van der Waals surface area contributed by atoms with E-state index in [1.807, 2.05) is 73.7 Å². The lowest BCUT2D eigenvalue weighted by atomic mass is 10.1.